The van der Waals surface area contributed by atoms with Crippen LogP contribution >= 0.6 is 0 Å². The zero-order valence-electron chi connectivity index (χ0n) is 11.1. The van der Waals surface area contributed by atoms with Crippen molar-refractivity contribution in [1.82, 2.24) is 15.2 Å². The lowest BCUT2D eigenvalue weighted by Crippen LogP contribution is -2.37. The lowest BCUT2D eigenvalue weighted by Gasteiger charge is -2.29. The van der Waals surface area contributed by atoms with E-state index in [-0.39, 0.29) is 12.0 Å². The molecule has 1 saturated heterocycles. The molecule has 1 aliphatic rings. The number of aliphatic hydroxyl groups is 1. The Hall–Kier alpha value is -1.46. The summed E-state index contributed by atoms with van der Waals surface area (Å²) in [6.07, 6.45) is 5.76. The molecule has 19 heavy (non-hydrogen) atoms. The third-order valence-corrected chi connectivity index (χ3v) is 3.42. The van der Waals surface area contributed by atoms with E-state index in [0.717, 1.165) is 38.9 Å². The van der Waals surface area contributed by atoms with E-state index in [2.05, 4.69) is 15.2 Å². The van der Waals surface area contributed by atoms with Gasteiger partial charge in [-0.25, -0.2) is 0 Å². The summed E-state index contributed by atoms with van der Waals surface area (Å²) in [6.45, 7) is 3.56. The molecule has 1 fully saturated rings. The maximum Gasteiger partial charge on any atom is 0.252 e. The molecule has 0 saturated carbocycles. The highest BCUT2D eigenvalue weighted by Crippen LogP contribution is 2.09. The fraction of sp³-hybridized carbons (Fsp3) is 0.571. The van der Waals surface area contributed by atoms with Gasteiger partial charge in [-0.1, -0.05) is 0 Å². The molecule has 0 radical (unpaired) electrons. The van der Waals surface area contributed by atoms with E-state index >= 15 is 0 Å². The Morgan fingerprint density at radius 3 is 2.95 bits per heavy atom. The predicted octanol–water partition coefficient (Wildman–Crippen LogP) is 0.658. The SMILES string of the molecule is O=C(NCCCN1CCC(O)CC1)c1cccnc1. The first-order valence-electron chi connectivity index (χ1n) is 6.84. The van der Waals surface area contributed by atoms with Crippen molar-refractivity contribution in [3.05, 3.63) is 30.1 Å². The van der Waals surface area contributed by atoms with E-state index in [1.54, 1.807) is 24.5 Å². The lowest BCUT2D eigenvalue weighted by molar-refractivity contribution is 0.0816. The van der Waals surface area contributed by atoms with Crippen LogP contribution in [0.15, 0.2) is 24.5 Å². The first-order valence-corrected chi connectivity index (χ1v) is 6.84. The van der Waals surface area contributed by atoms with Crippen molar-refractivity contribution >= 4 is 5.91 Å². The largest absolute Gasteiger partial charge is 0.393 e. The van der Waals surface area contributed by atoms with Gasteiger partial charge in [0.05, 0.1) is 11.7 Å². The molecular weight excluding hydrogens is 242 g/mol. The summed E-state index contributed by atoms with van der Waals surface area (Å²) < 4.78 is 0. The van der Waals surface area contributed by atoms with Crippen molar-refractivity contribution in [2.75, 3.05) is 26.2 Å². The summed E-state index contributed by atoms with van der Waals surface area (Å²) >= 11 is 0. The first kappa shape index (κ1) is 14.0. The number of carbonyl (C=O) groups excluding carboxylic acids is 1. The van der Waals surface area contributed by atoms with E-state index in [1.807, 2.05) is 0 Å². The van der Waals surface area contributed by atoms with Gasteiger partial charge in [-0.3, -0.25) is 9.78 Å². The van der Waals surface area contributed by atoms with Gasteiger partial charge in [-0.05, 0) is 37.9 Å². The molecule has 0 bridgehead atoms. The second-order valence-corrected chi connectivity index (χ2v) is 4.92. The van der Waals surface area contributed by atoms with Gasteiger partial charge in [-0.2, -0.15) is 0 Å². The number of pyridine rings is 1. The second-order valence-electron chi connectivity index (χ2n) is 4.92. The molecule has 2 rings (SSSR count). The van der Waals surface area contributed by atoms with Gasteiger partial charge in [0.2, 0.25) is 0 Å². The highest BCUT2D eigenvalue weighted by Gasteiger charge is 2.16. The number of nitrogens with zero attached hydrogens (tertiary/aromatic N) is 2. The zero-order valence-corrected chi connectivity index (χ0v) is 11.1. The Balaban J connectivity index is 1.61. The standard InChI is InChI=1S/C14H21N3O2/c18-13-4-9-17(10-5-13)8-2-7-16-14(19)12-3-1-6-15-11-12/h1,3,6,11,13,18H,2,4-5,7-10H2,(H,16,19). The lowest BCUT2D eigenvalue weighted by atomic mass is 10.1. The van der Waals surface area contributed by atoms with Gasteiger partial charge in [-0.15, -0.1) is 0 Å². The zero-order chi connectivity index (χ0) is 13.5. The molecule has 1 amide bonds. The molecule has 0 aromatic carbocycles. The molecule has 5 heteroatoms. The average Bonchev–Trinajstić information content (AvgIpc) is 2.46. The average molecular weight is 263 g/mol. The van der Waals surface area contributed by atoms with E-state index in [0.29, 0.717) is 12.1 Å². The summed E-state index contributed by atoms with van der Waals surface area (Å²) in [5.41, 5.74) is 0.601. The minimum absolute atomic E-state index is 0.0674. The summed E-state index contributed by atoms with van der Waals surface area (Å²) in [6, 6.07) is 3.52. The maximum atomic E-state index is 11.7. The smallest absolute Gasteiger partial charge is 0.252 e. The number of nitrogens with one attached hydrogen (secondary N) is 1. The van der Waals surface area contributed by atoms with Crippen LogP contribution in [0.3, 0.4) is 0 Å². The molecule has 2 N–H and O–H groups in total. The number of aliphatic hydroxyl groups excluding tert-OH is 1. The van der Waals surface area contributed by atoms with Crippen molar-refractivity contribution in [2.24, 2.45) is 0 Å². The van der Waals surface area contributed by atoms with Gasteiger partial charge < -0.3 is 15.3 Å². The quantitative estimate of drug-likeness (QED) is 0.766. The molecule has 0 atom stereocenters. The molecular formula is C14H21N3O2. The Labute approximate surface area is 113 Å². The topological polar surface area (TPSA) is 65.5 Å². The molecule has 104 valence electrons. The van der Waals surface area contributed by atoms with E-state index in [4.69, 9.17) is 0 Å². The third-order valence-electron chi connectivity index (χ3n) is 3.42. The van der Waals surface area contributed by atoms with Crippen LogP contribution in [0.5, 0.6) is 0 Å². The number of hydrogen-bond acceptors (Lipinski definition) is 4. The Kier molecular flexibility index (Phi) is 5.30. The van der Waals surface area contributed by atoms with Crippen LogP contribution in [0.4, 0.5) is 0 Å². The highest BCUT2D eigenvalue weighted by molar-refractivity contribution is 5.93. The molecule has 1 aliphatic heterocycles. The molecule has 5 nitrogen and oxygen atoms in total. The minimum Gasteiger partial charge on any atom is -0.393 e. The van der Waals surface area contributed by atoms with Crippen LogP contribution in [0.25, 0.3) is 0 Å². The van der Waals surface area contributed by atoms with E-state index in [1.165, 1.54) is 0 Å². The number of aromatic nitrogens is 1. The van der Waals surface area contributed by atoms with Gasteiger partial charge >= 0.3 is 0 Å². The Morgan fingerprint density at radius 1 is 1.47 bits per heavy atom. The van der Waals surface area contributed by atoms with Crippen LogP contribution in [0.1, 0.15) is 29.6 Å². The number of hydrogen-bond donors (Lipinski definition) is 2. The highest BCUT2D eigenvalue weighted by atomic mass is 16.3. The van der Waals surface area contributed by atoms with E-state index in [9.17, 15) is 9.90 Å². The number of likely N-dealkylation sites (tertiary alicyclic amines) is 1. The summed E-state index contributed by atoms with van der Waals surface area (Å²) in [5, 5.41) is 12.3. The number of piperidine rings is 1. The van der Waals surface area contributed by atoms with Crippen molar-refractivity contribution in [3.8, 4) is 0 Å². The van der Waals surface area contributed by atoms with Crippen LogP contribution < -0.4 is 5.32 Å². The predicted molar refractivity (Wildman–Crippen MR) is 72.9 cm³/mol. The molecule has 0 unspecified atom stereocenters. The fourth-order valence-corrected chi connectivity index (χ4v) is 2.25. The van der Waals surface area contributed by atoms with Crippen LogP contribution in [0.2, 0.25) is 0 Å². The molecule has 2 heterocycles. The second kappa shape index (κ2) is 7.21. The van der Waals surface area contributed by atoms with Crippen molar-refractivity contribution in [3.63, 3.8) is 0 Å². The van der Waals surface area contributed by atoms with Gasteiger partial charge in [0.25, 0.3) is 5.91 Å². The number of carbonyl (C=O) groups is 1. The molecule has 1 aromatic heterocycles. The number of rotatable bonds is 5. The monoisotopic (exact) mass is 263 g/mol. The van der Waals surface area contributed by atoms with Gasteiger partial charge in [0.15, 0.2) is 0 Å². The van der Waals surface area contributed by atoms with Crippen LogP contribution in [-0.2, 0) is 0 Å². The number of amides is 1. The normalized spacial score (nSPS) is 17.3. The Bertz CT molecular complexity index is 389. The van der Waals surface area contributed by atoms with Gasteiger partial charge in [0.1, 0.15) is 0 Å². The van der Waals surface area contributed by atoms with E-state index < -0.39 is 0 Å². The van der Waals surface area contributed by atoms with Gasteiger partial charge in [0, 0.05) is 32.0 Å². The molecule has 0 aliphatic carbocycles. The Morgan fingerprint density at radius 2 is 2.26 bits per heavy atom. The van der Waals surface area contributed by atoms with Crippen molar-refractivity contribution in [1.29, 1.82) is 0 Å². The minimum atomic E-state index is -0.124. The molecule has 1 aromatic rings. The maximum absolute atomic E-state index is 11.7. The summed E-state index contributed by atoms with van der Waals surface area (Å²) in [4.78, 5) is 18.0. The molecule has 0 spiro atoms. The van der Waals surface area contributed by atoms with Crippen molar-refractivity contribution in [2.45, 2.75) is 25.4 Å². The summed E-state index contributed by atoms with van der Waals surface area (Å²) in [7, 11) is 0. The summed E-state index contributed by atoms with van der Waals surface area (Å²) in [5.74, 6) is -0.0674. The van der Waals surface area contributed by atoms with Crippen molar-refractivity contribution < 1.29 is 9.90 Å². The third kappa shape index (κ3) is 4.61. The van der Waals surface area contributed by atoms with Crippen LogP contribution in [0, 0.1) is 0 Å². The van der Waals surface area contributed by atoms with Crippen LogP contribution in [-0.4, -0.2) is 53.2 Å². The first-order chi connectivity index (χ1) is 9.25. The fourth-order valence-electron chi connectivity index (χ4n) is 2.25.